The number of nitrogens with zero attached hydrogens (tertiary/aromatic N) is 6. The third-order valence-corrected chi connectivity index (χ3v) is 5.72. The van der Waals surface area contributed by atoms with E-state index in [1.807, 2.05) is 13.1 Å². The van der Waals surface area contributed by atoms with E-state index in [4.69, 9.17) is 4.74 Å². The van der Waals surface area contributed by atoms with E-state index in [2.05, 4.69) is 35.5 Å². The molecule has 1 atom stereocenters. The van der Waals surface area contributed by atoms with E-state index in [1.165, 1.54) is 26.1 Å². The number of carbonyl (C=O) groups excluding carboxylic acids is 1. The first-order valence-corrected chi connectivity index (χ1v) is 10.6. The minimum atomic E-state index is -0.377. The van der Waals surface area contributed by atoms with Crippen LogP contribution in [0.25, 0.3) is 5.65 Å². The molecule has 10 heteroatoms. The van der Waals surface area contributed by atoms with Gasteiger partial charge in [-0.3, -0.25) is 9.20 Å². The second-order valence-corrected chi connectivity index (χ2v) is 8.25. The highest BCUT2D eigenvalue weighted by molar-refractivity contribution is 6.02. The van der Waals surface area contributed by atoms with Crippen LogP contribution in [0.4, 0.5) is 11.6 Å². The summed E-state index contributed by atoms with van der Waals surface area (Å²) in [6.07, 6.45) is 10.5. The number of nitrogens with one attached hydrogen (secondary N) is 2. The second kappa shape index (κ2) is 8.10. The lowest BCUT2D eigenvalue weighted by Crippen LogP contribution is -2.28. The van der Waals surface area contributed by atoms with Gasteiger partial charge in [-0.2, -0.15) is 4.98 Å². The van der Waals surface area contributed by atoms with Gasteiger partial charge in [0.2, 0.25) is 5.65 Å². The van der Waals surface area contributed by atoms with E-state index in [9.17, 15) is 4.79 Å². The zero-order valence-corrected chi connectivity index (χ0v) is 17.7. The van der Waals surface area contributed by atoms with E-state index in [-0.39, 0.29) is 11.6 Å². The van der Waals surface area contributed by atoms with Gasteiger partial charge in [0.05, 0.1) is 31.4 Å². The smallest absolute Gasteiger partial charge is 0.277 e. The Bertz CT molecular complexity index is 1090. The summed E-state index contributed by atoms with van der Waals surface area (Å²) in [6.45, 7) is 4.87. The SMILES string of the molecule is COc1nc(NC(=O)c2cnc(N3CC[C@@H](CNC4CC4)C3)cn2)cn2cc(C)nc12. The van der Waals surface area contributed by atoms with Crippen molar-refractivity contribution in [3.05, 3.63) is 36.2 Å². The number of hydrogen-bond acceptors (Lipinski definition) is 8. The van der Waals surface area contributed by atoms with Crippen molar-refractivity contribution >= 4 is 23.2 Å². The molecule has 0 unspecified atom stereocenters. The molecule has 4 heterocycles. The molecule has 10 nitrogen and oxygen atoms in total. The average Bonchev–Trinajstić information content (AvgIpc) is 3.35. The van der Waals surface area contributed by atoms with Crippen molar-refractivity contribution in [2.75, 3.05) is 37.0 Å². The number of anilines is 2. The van der Waals surface area contributed by atoms with Gasteiger partial charge < -0.3 is 20.3 Å². The molecule has 1 aliphatic heterocycles. The first kappa shape index (κ1) is 19.7. The predicted molar refractivity (Wildman–Crippen MR) is 116 cm³/mol. The van der Waals surface area contributed by atoms with Gasteiger partial charge in [0.1, 0.15) is 11.5 Å². The Morgan fingerprint density at radius 2 is 2.06 bits per heavy atom. The molecule has 2 fully saturated rings. The van der Waals surface area contributed by atoms with Gasteiger partial charge in [-0.15, -0.1) is 0 Å². The monoisotopic (exact) mass is 422 g/mol. The summed E-state index contributed by atoms with van der Waals surface area (Å²) >= 11 is 0. The average molecular weight is 422 g/mol. The van der Waals surface area contributed by atoms with Crippen molar-refractivity contribution in [2.24, 2.45) is 5.92 Å². The number of methoxy groups -OCH3 is 1. The molecule has 3 aromatic rings. The summed E-state index contributed by atoms with van der Waals surface area (Å²) in [6, 6.07) is 0.736. The number of hydrogen-bond donors (Lipinski definition) is 2. The zero-order chi connectivity index (χ0) is 21.4. The molecule has 1 saturated heterocycles. The standard InChI is InChI=1S/C21H26N8O2/c1-13-10-29-12-17(27-21(31-2)19(29)25-13)26-20(30)16-8-24-18(9-23-16)28-6-5-14(11-28)7-22-15-3-4-15/h8-10,12,14-15,22H,3-7,11H2,1-2H3,(H,26,30)/t14-/m0/s1. The van der Waals surface area contributed by atoms with Crippen LogP contribution in [-0.4, -0.2) is 63.0 Å². The molecular formula is C21H26N8O2. The minimum absolute atomic E-state index is 0.234. The molecule has 2 aliphatic rings. The normalized spacial score (nSPS) is 18.5. The van der Waals surface area contributed by atoms with Gasteiger partial charge in [-0.1, -0.05) is 0 Å². The fraction of sp³-hybridized carbons (Fsp3) is 0.476. The number of ether oxygens (including phenoxy) is 1. The van der Waals surface area contributed by atoms with Crippen LogP contribution in [0.1, 0.15) is 35.4 Å². The van der Waals surface area contributed by atoms with Crippen molar-refractivity contribution in [3.63, 3.8) is 0 Å². The van der Waals surface area contributed by atoms with Gasteiger partial charge in [0, 0.05) is 25.3 Å². The molecule has 0 radical (unpaired) electrons. The van der Waals surface area contributed by atoms with Gasteiger partial charge in [-0.25, -0.2) is 15.0 Å². The van der Waals surface area contributed by atoms with Crippen LogP contribution in [0, 0.1) is 12.8 Å². The molecule has 2 N–H and O–H groups in total. The molecule has 162 valence electrons. The maximum Gasteiger partial charge on any atom is 0.277 e. The maximum absolute atomic E-state index is 12.7. The van der Waals surface area contributed by atoms with Crippen LogP contribution >= 0.6 is 0 Å². The number of aromatic nitrogens is 5. The van der Waals surface area contributed by atoms with Crippen LogP contribution in [0.2, 0.25) is 0 Å². The number of amides is 1. The van der Waals surface area contributed by atoms with E-state index < -0.39 is 0 Å². The van der Waals surface area contributed by atoms with Crippen LogP contribution < -0.4 is 20.3 Å². The first-order valence-electron chi connectivity index (χ1n) is 10.6. The van der Waals surface area contributed by atoms with Gasteiger partial charge in [0.25, 0.3) is 11.8 Å². The van der Waals surface area contributed by atoms with Crippen molar-refractivity contribution in [1.29, 1.82) is 0 Å². The Labute approximate surface area is 180 Å². The summed E-state index contributed by atoms with van der Waals surface area (Å²) in [5, 5.41) is 6.36. The number of imidazole rings is 1. The van der Waals surface area contributed by atoms with Gasteiger partial charge in [-0.05, 0) is 38.6 Å². The van der Waals surface area contributed by atoms with Crippen LogP contribution in [0.3, 0.4) is 0 Å². The number of fused-ring (bicyclic) bond motifs is 1. The highest BCUT2D eigenvalue weighted by Crippen LogP contribution is 2.24. The Kier molecular flexibility index (Phi) is 5.14. The van der Waals surface area contributed by atoms with Crippen LogP contribution in [0.15, 0.2) is 24.8 Å². The molecule has 0 spiro atoms. The largest absolute Gasteiger partial charge is 0.478 e. The topological polar surface area (TPSA) is 110 Å². The molecule has 3 aromatic heterocycles. The van der Waals surface area contributed by atoms with Gasteiger partial charge >= 0.3 is 0 Å². The number of carbonyl (C=O) groups is 1. The summed E-state index contributed by atoms with van der Waals surface area (Å²) < 4.78 is 7.07. The van der Waals surface area contributed by atoms with Crippen LogP contribution in [0.5, 0.6) is 5.88 Å². The van der Waals surface area contributed by atoms with Crippen molar-refractivity contribution in [1.82, 2.24) is 29.7 Å². The highest BCUT2D eigenvalue weighted by atomic mass is 16.5. The summed E-state index contributed by atoms with van der Waals surface area (Å²) in [5.41, 5.74) is 1.66. The molecule has 1 aliphatic carbocycles. The molecule has 0 bridgehead atoms. The van der Waals surface area contributed by atoms with E-state index in [0.29, 0.717) is 23.3 Å². The Morgan fingerprint density at radius 1 is 1.19 bits per heavy atom. The second-order valence-electron chi connectivity index (χ2n) is 8.25. The quantitative estimate of drug-likeness (QED) is 0.592. The van der Waals surface area contributed by atoms with Crippen molar-refractivity contribution in [2.45, 2.75) is 32.2 Å². The van der Waals surface area contributed by atoms with Crippen molar-refractivity contribution in [3.8, 4) is 5.88 Å². The summed E-state index contributed by atoms with van der Waals surface area (Å²) in [5.74, 6) is 1.75. The Morgan fingerprint density at radius 3 is 2.81 bits per heavy atom. The fourth-order valence-corrected chi connectivity index (χ4v) is 3.90. The molecule has 5 rings (SSSR count). The number of rotatable bonds is 7. The Hall–Kier alpha value is -3.27. The van der Waals surface area contributed by atoms with Crippen molar-refractivity contribution < 1.29 is 9.53 Å². The summed E-state index contributed by atoms with van der Waals surface area (Å²) in [4.78, 5) is 32.4. The lowest BCUT2D eigenvalue weighted by molar-refractivity contribution is 0.102. The van der Waals surface area contributed by atoms with Gasteiger partial charge in [0.15, 0.2) is 5.82 Å². The minimum Gasteiger partial charge on any atom is -0.478 e. The molecule has 0 aromatic carbocycles. The molecule has 31 heavy (non-hydrogen) atoms. The third kappa shape index (κ3) is 4.29. The first-order chi connectivity index (χ1) is 15.1. The lowest BCUT2D eigenvalue weighted by Gasteiger charge is -2.17. The maximum atomic E-state index is 12.7. The molecular weight excluding hydrogens is 396 g/mol. The van der Waals surface area contributed by atoms with Crippen LogP contribution in [-0.2, 0) is 0 Å². The fourth-order valence-electron chi connectivity index (χ4n) is 3.90. The summed E-state index contributed by atoms with van der Waals surface area (Å²) in [7, 11) is 1.52. The molecule has 1 saturated carbocycles. The lowest BCUT2D eigenvalue weighted by atomic mass is 10.1. The molecule has 1 amide bonds. The van der Waals surface area contributed by atoms with E-state index in [1.54, 1.807) is 16.8 Å². The predicted octanol–water partition coefficient (Wildman–Crippen LogP) is 1.67. The Balaban J connectivity index is 1.23. The zero-order valence-electron chi connectivity index (χ0n) is 17.7. The number of aryl methyl sites for hydroxylation is 1. The van der Waals surface area contributed by atoms with E-state index in [0.717, 1.165) is 43.6 Å². The third-order valence-electron chi connectivity index (χ3n) is 5.72. The highest BCUT2D eigenvalue weighted by Gasteiger charge is 2.27. The van der Waals surface area contributed by atoms with E-state index >= 15 is 0 Å².